The van der Waals surface area contributed by atoms with E-state index in [1.165, 1.54) is 12.8 Å². The number of carbonyl (C=O) groups is 1. The highest BCUT2D eigenvalue weighted by Crippen LogP contribution is 2.40. The zero-order valence-electron chi connectivity index (χ0n) is 21.8. The number of aromatic hydroxyl groups is 1. The lowest BCUT2D eigenvalue weighted by molar-refractivity contribution is -0.122. The van der Waals surface area contributed by atoms with E-state index in [1.54, 1.807) is 33.3 Å². The number of carbonyl (C=O) groups excluding carboxylic acids is 1. The molecule has 0 saturated carbocycles. The lowest BCUT2D eigenvalue weighted by atomic mass is 10.1. The molecule has 1 aromatic heterocycles. The number of rotatable bonds is 9. The van der Waals surface area contributed by atoms with Crippen molar-refractivity contribution in [1.29, 1.82) is 0 Å². The highest BCUT2D eigenvalue weighted by atomic mass is 79.9. The molecule has 1 saturated heterocycles. The van der Waals surface area contributed by atoms with Crippen LogP contribution in [0.2, 0.25) is 0 Å². The van der Waals surface area contributed by atoms with E-state index in [-0.39, 0.29) is 11.6 Å². The predicted octanol–water partition coefficient (Wildman–Crippen LogP) is 6.01. The molecule has 202 valence electrons. The summed E-state index contributed by atoms with van der Waals surface area (Å²) in [4.78, 5) is 19.9. The summed E-state index contributed by atoms with van der Waals surface area (Å²) in [5.74, 6) is 0.508. The van der Waals surface area contributed by atoms with Crippen LogP contribution in [-0.4, -0.2) is 60.1 Å². The van der Waals surface area contributed by atoms with E-state index in [0.29, 0.717) is 29.3 Å². The summed E-state index contributed by atoms with van der Waals surface area (Å²) in [7, 11) is 3.12. The molecule has 4 rings (SSSR count). The van der Waals surface area contributed by atoms with E-state index in [1.807, 2.05) is 28.8 Å². The summed E-state index contributed by atoms with van der Waals surface area (Å²) in [5, 5.41) is 23.7. The first kappa shape index (κ1) is 27.6. The number of halogens is 1. The van der Waals surface area contributed by atoms with Gasteiger partial charge >= 0.3 is 5.91 Å². The van der Waals surface area contributed by atoms with Crippen molar-refractivity contribution in [3.8, 4) is 17.4 Å². The van der Waals surface area contributed by atoms with Crippen molar-refractivity contribution in [3.05, 3.63) is 46.4 Å². The second-order valence-corrected chi connectivity index (χ2v) is 9.96. The molecule has 0 bridgehead atoms. The highest BCUT2D eigenvalue weighted by Gasteiger charge is 2.20. The number of ether oxygens (including phenoxy) is 2. The normalized spacial score (nSPS) is 15.1. The number of likely N-dealkylation sites (tertiary alicyclic amines) is 1. The predicted molar refractivity (Wildman–Crippen MR) is 149 cm³/mol. The Bertz CT molecular complexity index is 1350. The number of hydrogen-bond donors (Lipinski definition) is 1. The molecule has 10 nitrogen and oxygen atoms in total. The van der Waals surface area contributed by atoms with Gasteiger partial charge in [-0.2, -0.15) is 0 Å². The third-order valence-corrected chi connectivity index (χ3v) is 6.96. The minimum absolute atomic E-state index is 0.0258. The van der Waals surface area contributed by atoms with Crippen molar-refractivity contribution < 1.29 is 24.2 Å². The van der Waals surface area contributed by atoms with Gasteiger partial charge in [0, 0.05) is 15.4 Å². The standard InChI is InChI=1S/C27H32BrN5O5/c1-18(19-8-11-23(36-2)24(14-19)37-3)31-38-16-25(34)29-30-26-21-15-20(28)9-10-22(21)33(27(26)35)17-32-12-6-4-5-7-13-32/h8-11,14-15,35H,4-7,12-13,16-17H2,1-3H3/b30-29?,31-18-. The van der Waals surface area contributed by atoms with E-state index in [9.17, 15) is 9.90 Å². The molecular formula is C27H32BrN5O5. The van der Waals surface area contributed by atoms with Gasteiger partial charge in [-0.15, -0.1) is 10.2 Å². The maximum Gasteiger partial charge on any atom is 0.304 e. The van der Waals surface area contributed by atoms with Gasteiger partial charge in [-0.05, 0) is 69.3 Å². The Morgan fingerprint density at radius 2 is 1.76 bits per heavy atom. The fraction of sp³-hybridized carbons (Fsp3) is 0.407. The van der Waals surface area contributed by atoms with Crippen LogP contribution >= 0.6 is 15.9 Å². The van der Waals surface area contributed by atoms with Crippen LogP contribution in [0.15, 0.2) is 56.3 Å². The first-order chi connectivity index (χ1) is 18.4. The third kappa shape index (κ3) is 6.51. The fourth-order valence-electron chi connectivity index (χ4n) is 4.45. The molecule has 1 amide bonds. The van der Waals surface area contributed by atoms with Gasteiger partial charge in [0.25, 0.3) is 0 Å². The summed E-state index contributed by atoms with van der Waals surface area (Å²) in [5.41, 5.74) is 2.37. The van der Waals surface area contributed by atoms with Crippen molar-refractivity contribution in [2.45, 2.75) is 39.3 Å². The molecule has 1 N–H and O–H groups in total. The summed E-state index contributed by atoms with van der Waals surface area (Å²) in [6.45, 7) is 3.85. The smallest absolute Gasteiger partial charge is 0.304 e. The zero-order valence-corrected chi connectivity index (χ0v) is 23.4. The van der Waals surface area contributed by atoms with Crippen molar-refractivity contribution in [2.75, 3.05) is 33.9 Å². The summed E-state index contributed by atoms with van der Waals surface area (Å²) >= 11 is 3.48. The minimum Gasteiger partial charge on any atom is -0.493 e. The van der Waals surface area contributed by atoms with Gasteiger partial charge in [0.15, 0.2) is 23.8 Å². The number of amides is 1. The second kappa shape index (κ2) is 12.9. The Kier molecular flexibility index (Phi) is 9.35. The number of nitrogens with zero attached hydrogens (tertiary/aromatic N) is 5. The van der Waals surface area contributed by atoms with E-state index < -0.39 is 12.5 Å². The largest absolute Gasteiger partial charge is 0.493 e. The lowest BCUT2D eigenvalue weighted by Gasteiger charge is -2.21. The molecule has 2 aromatic carbocycles. The second-order valence-electron chi connectivity index (χ2n) is 9.05. The zero-order chi connectivity index (χ0) is 27.1. The Morgan fingerprint density at radius 3 is 2.47 bits per heavy atom. The number of fused-ring (bicyclic) bond motifs is 1. The molecule has 0 aliphatic carbocycles. The number of hydrogen-bond acceptors (Lipinski definition) is 8. The molecular weight excluding hydrogens is 554 g/mol. The van der Waals surface area contributed by atoms with Crippen LogP contribution in [0.4, 0.5) is 5.69 Å². The topological polar surface area (TPSA) is 110 Å². The third-order valence-electron chi connectivity index (χ3n) is 6.46. The Balaban J connectivity index is 1.47. The number of oxime groups is 1. The van der Waals surface area contributed by atoms with Crippen LogP contribution in [0, 0.1) is 0 Å². The summed E-state index contributed by atoms with van der Waals surface area (Å²) in [6.07, 6.45) is 4.73. The monoisotopic (exact) mass is 585 g/mol. The average molecular weight is 586 g/mol. The number of methoxy groups -OCH3 is 2. The number of azo groups is 1. The van der Waals surface area contributed by atoms with Gasteiger partial charge in [-0.1, -0.05) is 33.9 Å². The minimum atomic E-state index is -0.628. The van der Waals surface area contributed by atoms with Crippen LogP contribution in [0.1, 0.15) is 38.2 Å². The number of benzene rings is 2. The van der Waals surface area contributed by atoms with Gasteiger partial charge in [0.2, 0.25) is 5.88 Å². The molecule has 0 spiro atoms. The Hall–Kier alpha value is -3.44. The van der Waals surface area contributed by atoms with Crippen LogP contribution in [0.25, 0.3) is 10.9 Å². The van der Waals surface area contributed by atoms with Crippen molar-refractivity contribution in [3.63, 3.8) is 0 Å². The van der Waals surface area contributed by atoms with E-state index in [2.05, 4.69) is 36.2 Å². The van der Waals surface area contributed by atoms with Crippen molar-refractivity contribution in [1.82, 2.24) is 9.47 Å². The van der Waals surface area contributed by atoms with Crippen LogP contribution in [0.5, 0.6) is 17.4 Å². The number of aromatic nitrogens is 1. The van der Waals surface area contributed by atoms with Crippen LogP contribution < -0.4 is 9.47 Å². The molecule has 38 heavy (non-hydrogen) atoms. The average Bonchev–Trinajstić information content (AvgIpc) is 3.07. The first-order valence-corrected chi connectivity index (χ1v) is 13.3. The first-order valence-electron chi connectivity index (χ1n) is 12.5. The Morgan fingerprint density at radius 1 is 1.03 bits per heavy atom. The molecule has 0 radical (unpaired) electrons. The Labute approximate surface area is 230 Å². The fourth-order valence-corrected chi connectivity index (χ4v) is 4.81. The molecule has 1 fully saturated rings. The van der Waals surface area contributed by atoms with E-state index >= 15 is 0 Å². The van der Waals surface area contributed by atoms with Crippen molar-refractivity contribution >= 4 is 44.1 Å². The molecule has 11 heteroatoms. The van der Waals surface area contributed by atoms with Gasteiger partial charge in [-0.25, -0.2) is 0 Å². The van der Waals surface area contributed by atoms with Gasteiger partial charge in [0.05, 0.1) is 32.1 Å². The van der Waals surface area contributed by atoms with E-state index in [4.69, 9.17) is 14.3 Å². The molecule has 0 atom stereocenters. The maximum absolute atomic E-state index is 12.4. The van der Waals surface area contributed by atoms with E-state index in [0.717, 1.165) is 41.5 Å². The quantitative estimate of drug-likeness (QED) is 0.187. The maximum atomic E-state index is 12.4. The SMILES string of the molecule is COc1ccc(/C(C)=N\OCC(=O)N=Nc2c(O)n(CN3CCCCCC3)c3ccc(Br)cc23)cc1OC. The molecule has 3 aromatic rings. The molecule has 2 heterocycles. The summed E-state index contributed by atoms with van der Waals surface area (Å²) < 4.78 is 13.2. The lowest BCUT2D eigenvalue weighted by Crippen LogP contribution is -2.27. The van der Waals surface area contributed by atoms with Crippen molar-refractivity contribution in [2.24, 2.45) is 15.4 Å². The van der Waals surface area contributed by atoms with Gasteiger partial charge in [-0.3, -0.25) is 14.3 Å². The van der Waals surface area contributed by atoms with Gasteiger partial charge < -0.3 is 19.4 Å². The summed E-state index contributed by atoms with van der Waals surface area (Å²) in [6, 6.07) is 11.0. The van der Waals surface area contributed by atoms with Gasteiger partial charge in [0.1, 0.15) is 0 Å². The molecule has 1 aliphatic rings. The molecule has 1 aliphatic heterocycles. The highest BCUT2D eigenvalue weighted by molar-refractivity contribution is 9.10. The van der Waals surface area contributed by atoms with Crippen LogP contribution in [-0.2, 0) is 16.3 Å². The molecule has 0 unspecified atom stereocenters. The van der Waals surface area contributed by atoms with Crippen LogP contribution in [0.3, 0.4) is 0 Å².